The minimum Gasteiger partial charge on any atom is -0.378 e. The van der Waals surface area contributed by atoms with E-state index >= 15 is 0 Å². The number of halogens is 3. The first kappa shape index (κ1) is 21.3. The summed E-state index contributed by atoms with van der Waals surface area (Å²) >= 11 is 0. The van der Waals surface area contributed by atoms with E-state index in [1.54, 1.807) is 12.1 Å². The maximum atomic E-state index is 12.8. The highest BCUT2D eigenvalue weighted by Gasteiger charge is 2.30. The predicted molar refractivity (Wildman–Crippen MR) is 103 cm³/mol. The van der Waals surface area contributed by atoms with Crippen molar-refractivity contribution in [1.29, 1.82) is 0 Å². The Morgan fingerprint density at radius 1 is 1.00 bits per heavy atom. The molecule has 5 nitrogen and oxygen atoms in total. The van der Waals surface area contributed by atoms with Crippen LogP contribution in [0, 0.1) is 0 Å². The van der Waals surface area contributed by atoms with E-state index in [-0.39, 0.29) is 24.6 Å². The Labute approximate surface area is 161 Å². The molecule has 0 saturated heterocycles. The number of hydrogen-bond acceptors (Lipinski definition) is 3. The highest BCUT2D eigenvalue weighted by molar-refractivity contribution is 5.95. The maximum absolute atomic E-state index is 12.8. The van der Waals surface area contributed by atoms with Crippen LogP contribution in [0.15, 0.2) is 48.5 Å². The smallest absolute Gasteiger partial charge is 0.378 e. The van der Waals surface area contributed by atoms with E-state index in [9.17, 15) is 22.8 Å². The molecule has 150 valence electrons. The SMILES string of the molecule is CC(=O)N(CCC(=O)Nc1cccc(C(F)(F)F)c1)c1ccc(N(C)C)cc1. The number of alkyl halides is 3. The molecule has 0 saturated carbocycles. The molecule has 0 atom stereocenters. The number of nitrogens with zero attached hydrogens (tertiary/aromatic N) is 2. The molecule has 1 N–H and O–H groups in total. The second-order valence-electron chi connectivity index (χ2n) is 6.46. The van der Waals surface area contributed by atoms with Gasteiger partial charge in [-0.05, 0) is 42.5 Å². The van der Waals surface area contributed by atoms with Crippen LogP contribution in [0.5, 0.6) is 0 Å². The van der Waals surface area contributed by atoms with Gasteiger partial charge >= 0.3 is 6.18 Å². The number of rotatable bonds is 6. The summed E-state index contributed by atoms with van der Waals surface area (Å²) < 4.78 is 38.3. The van der Waals surface area contributed by atoms with Crippen molar-refractivity contribution in [2.45, 2.75) is 19.5 Å². The molecule has 2 rings (SSSR count). The van der Waals surface area contributed by atoms with E-state index in [1.165, 1.54) is 24.0 Å². The summed E-state index contributed by atoms with van der Waals surface area (Å²) in [6.45, 7) is 1.51. The van der Waals surface area contributed by atoms with E-state index in [4.69, 9.17) is 0 Å². The van der Waals surface area contributed by atoms with Crippen LogP contribution in [0.1, 0.15) is 18.9 Å². The van der Waals surface area contributed by atoms with Gasteiger partial charge in [-0.25, -0.2) is 0 Å². The predicted octanol–water partition coefficient (Wildman–Crippen LogP) is 4.15. The Morgan fingerprint density at radius 2 is 1.61 bits per heavy atom. The van der Waals surface area contributed by atoms with Crippen LogP contribution in [0.4, 0.5) is 30.2 Å². The van der Waals surface area contributed by atoms with E-state index in [1.807, 2.05) is 31.1 Å². The van der Waals surface area contributed by atoms with Crippen molar-refractivity contribution in [2.75, 3.05) is 35.8 Å². The van der Waals surface area contributed by atoms with Crippen LogP contribution in [-0.2, 0) is 15.8 Å². The summed E-state index contributed by atoms with van der Waals surface area (Å²) in [5.74, 6) is -0.708. The van der Waals surface area contributed by atoms with E-state index in [0.717, 1.165) is 17.8 Å². The Morgan fingerprint density at radius 3 is 2.14 bits per heavy atom. The topological polar surface area (TPSA) is 52.7 Å². The number of carbonyl (C=O) groups is 2. The molecule has 0 aliphatic carbocycles. The maximum Gasteiger partial charge on any atom is 0.416 e. The minimum absolute atomic E-state index is 0.0503. The summed E-state index contributed by atoms with van der Waals surface area (Å²) in [6, 6.07) is 11.7. The molecule has 0 aliphatic rings. The lowest BCUT2D eigenvalue weighted by Gasteiger charge is -2.22. The van der Waals surface area contributed by atoms with Gasteiger partial charge in [-0.1, -0.05) is 6.07 Å². The molecule has 2 amide bonds. The lowest BCUT2D eigenvalue weighted by atomic mass is 10.2. The van der Waals surface area contributed by atoms with Crippen molar-refractivity contribution in [3.05, 3.63) is 54.1 Å². The first-order chi connectivity index (χ1) is 13.1. The van der Waals surface area contributed by atoms with Crippen LogP contribution in [0.2, 0.25) is 0 Å². The third kappa shape index (κ3) is 5.73. The molecular formula is C20H22F3N3O2. The van der Waals surface area contributed by atoms with Crippen molar-refractivity contribution >= 4 is 28.9 Å². The molecule has 0 heterocycles. The molecule has 8 heteroatoms. The van der Waals surface area contributed by atoms with Crippen LogP contribution in [0.25, 0.3) is 0 Å². The second kappa shape index (κ2) is 8.77. The van der Waals surface area contributed by atoms with Crippen LogP contribution < -0.4 is 15.1 Å². The molecule has 0 bridgehead atoms. The number of carbonyl (C=O) groups excluding carboxylic acids is 2. The first-order valence-electron chi connectivity index (χ1n) is 8.60. The molecule has 28 heavy (non-hydrogen) atoms. The lowest BCUT2D eigenvalue weighted by molar-refractivity contribution is -0.137. The van der Waals surface area contributed by atoms with Gasteiger partial charge in [-0.3, -0.25) is 9.59 Å². The molecule has 0 aliphatic heterocycles. The van der Waals surface area contributed by atoms with Crippen molar-refractivity contribution in [3.8, 4) is 0 Å². The number of anilines is 3. The number of benzene rings is 2. The second-order valence-corrected chi connectivity index (χ2v) is 6.46. The van der Waals surface area contributed by atoms with E-state index in [0.29, 0.717) is 5.69 Å². The number of hydrogen-bond donors (Lipinski definition) is 1. The molecule has 0 spiro atoms. The van der Waals surface area contributed by atoms with Gasteiger partial charge in [-0.2, -0.15) is 13.2 Å². The monoisotopic (exact) mass is 393 g/mol. The number of nitrogens with one attached hydrogen (secondary N) is 1. The summed E-state index contributed by atoms with van der Waals surface area (Å²) in [5.41, 5.74) is 0.834. The Hall–Kier alpha value is -3.03. The zero-order chi connectivity index (χ0) is 20.9. The minimum atomic E-state index is -4.48. The molecular weight excluding hydrogens is 371 g/mol. The lowest BCUT2D eigenvalue weighted by Crippen LogP contribution is -2.32. The fourth-order valence-electron chi connectivity index (χ4n) is 2.61. The van der Waals surface area contributed by atoms with Gasteiger partial charge in [0.05, 0.1) is 5.56 Å². The average molecular weight is 393 g/mol. The van der Waals surface area contributed by atoms with Gasteiger partial charge in [0, 0.05) is 51.0 Å². The quantitative estimate of drug-likeness (QED) is 0.802. The molecule has 0 aromatic heterocycles. The fourth-order valence-corrected chi connectivity index (χ4v) is 2.61. The third-order valence-corrected chi connectivity index (χ3v) is 4.09. The highest BCUT2D eigenvalue weighted by atomic mass is 19.4. The van der Waals surface area contributed by atoms with Crippen LogP contribution in [0.3, 0.4) is 0 Å². The zero-order valence-corrected chi connectivity index (χ0v) is 15.9. The Balaban J connectivity index is 2.02. The van der Waals surface area contributed by atoms with E-state index < -0.39 is 17.6 Å². The fraction of sp³-hybridized carbons (Fsp3) is 0.300. The summed E-state index contributed by atoms with van der Waals surface area (Å²) in [5, 5.41) is 2.44. The Kier molecular flexibility index (Phi) is 6.66. The van der Waals surface area contributed by atoms with Gasteiger partial charge < -0.3 is 15.1 Å². The van der Waals surface area contributed by atoms with Crippen LogP contribution in [-0.4, -0.2) is 32.5 Å². The average Bonchev–Trinajstić information content (AvgIpc) is 2.61. The van der Waals surface area contributed by atoms with Crippen LogP contribution >= 0.6 is 0 Å². The van der Waals surface area contributed by atoms with Gasteiger partial charge in [-0.15, -0.1) is 0 Å². The zero-order valence-electron chi connectivity index (χ0n) is 15.9. The number of amides is 2. The van der Waals surface area contributed by atoms with Gasteiger partial charge in [0.15, 0.2) is 0 Å². The molecule has 0 fully saturated rings. The van der Waals surface area contributed by atoms with Gasteiger partial charge in [0.1, 0.15) is 0 Å². The largest absolute Gasteiger partial charge is 0.416 e. The molecule has 2 aromatic rings. The normalized spacial score (nSPS) is 11.1. The molecule has 0 radical (unpaired) electrons. The standard InChI is InChI=1S/C20H22F3N3O2/c1-14(27)26(18-9-7-17(8-10-18)25(2)3)12-11-19(28)24-16-6-4-5-15(13-16)20(21,22)23/h4-10,13H,11-12H2,1-3H3,(H,24,28). The van der Waals surface area contributed by atoms with Gasteiger partial charge in [0.25, 0.3) is 0 Å². The Bertz CT molecular complexity index is 833. The summed E-state index contributed by atoms with van der Waals surface area (Å²) in [4.78, 5) is 27.5. The van der Waals surface area contributed by atoms with Crippen molar-refractivity contribution in [3.63, 3.8) is 0 Å². The first-order valence-corrected chi connectivity index (χ1v) is 8.60. The summed E-state index contributed by atoms with van der Waals surface area (Å²) in [7, 11) is 3.80. The molecule has 0 unspecified atom stereocenters. The summed E-state index contributed by atoms with van der Waals surface area (Å²) in [6.07, 6.45) is -4.53. The van der Waals surface area contributed by atoms with Gasteiger partial charge in [0.2, 0.25) is 11.8 Å². The van der Waals surface area contributed by atoms with Crippen molar-refractivity contribution < 1.29 is 22.8 Å². The van der Waals surface area contributed by atoms with E-state index in [2.05, 4.69) is 5.32 Å². The highest BCUT2D eigenvalue weighted by Crippen LogP contribution is 2.30. The third-order valence-electron chi connectivity index (χ3n) is 4.09. The van der Waals surface area contributed by atoms with Crippen molar-refractivity contribution in [2.24, 2.45) is 0 Å². The van der Waals surface area contributed by atoms with Crippen molar-refractivity contribution in [1.82, 2.24) is 0 Å². The molecule has 2 aromatic carbocycles.